The van der Waals surface area contributed by atoms with Gasteiger partial charge in [-0.3, -0.25) is 4.68 Å². The molecule has 3 nitrogen and oxygen atoms in total. The summed E-state index contributed by atoms with van der Waals surface area (Å²) in [7, 11) is 0. The highest BCUT2D eigenvalue weighted by Crippen LogP contribution is 2.53. The molecule has 2 aliphatic carbocycles. The van der Waals surface area contributed by atoms with E-state index in [1.54, 1.807) is 6.20 Å². The Balaban J connectivity index is 1.90. The summed E-state index contributed by atoms with van der Waals surface area (Å²) >= 11 is 6.41. The van der Waals surface area contributed by atoms with Gasteiger partial charge in [-0.2, -0.15) is 5.10 Å². The van der Waals surface area contributed by atoms with Crippen molar-refractivity contribution in [3.8, 4) is 0 Å². The quantitative estimate of drug-likeness (QED) is 0.893. The molecular weight excluding hydrogens is 258 g/mol. The third-order valence-corrected chi connectivity index (χ3v) is 5.36. The van der Waals surface area contributed by atoms with Crippen LogP contribution < -0.4 is 5.32 Å². The van der Waals surface area contributed by atoms with Gasteiger partial charge in [-0.15, -0.1) is 0 Å². The van der Waals surface area contributed by atoms with E-state index in [-0.39, 0.29) is 0 Å². The molecule has 106 valence electrons. The Morgan fingerprint density at radius 1 is 1.42 bits per heavy atom. The van der Waals surface area contributed by atoms with Crippen molar-refractivity contribution in [3.05, 3.63) is 16.9 Å². The first-order valence-electron chi connectivity index (χ1n) is 7.69. The predicted octanol–water partition coefficient (Wildman–Crippen LogP) is 3.64. The fraction of sp³-hybridized carbons (Fsp3) is 0.800. The van der Waals surface area contributed by atoms with Crippen molar-refractivity contribution in [2.45, 2.75) is 52.1 Å². The van der Waals surface area contributed by atoms with Crippen molar-refractivity contribution in [3.63, 3.8) is 0 Å². The van der Waals surface area contributed by atoms with Crippen molar-refractivity contribution in [1.82, 2.24) is 15.1 Å². The van der Waals surface area contributed by atoms with Crippen LogP contribution in [0.4, 0.5) is 0 Å². The van der Waals surface area contributed by atoms with Crippen LogP contribution in [-0.4, -0.2) is 16.3 Å². The first kappa shape index (κ1) is 13.4. The van der Waals surface area contributed by atoms with E-state index in [1.165, 1.54) is 31.4 Å². The first-order valence-corrected chi connectivity index (χ1v) is 8.06. The van der Waals surface area contributed by atoms with Crippen molar-refractivity contribution < 1.29 is 0 Å². The first-order chi connectivity index (χ1) is 9.24. The highest BCUT2D eigenvalue weighted by atomic mass is 35.5. The fourth-order valence-corrected chi connectivity index (χ4v) is 4.56. The number of hydrogen-bond acceptors (Lipinski definition) is 2. The van der Waals surface area contributed by atoms with Crippen molar-refractivity contribution >= 4 is 11.6 Å². The highest BCUT2D eigenvalue weighted by molar-refractivity contribution is 6.31. The molecule has 0 aliphatic heterocycles. The number of halogens is 1. The van der Waals surface area contributed by atoms with Crippen molar-refractivity contribution in [2.24, 2.45) is 17.8 Å². The Hall–Kier alpha value is -0.540. The van der Waals surface area contributed by atoms with Crippen molar-refractivity contribution in [1.29, 1.82) is 0 Å². The molecule has 1 heterocycles. The van der Waals surface area contributed by atoms with Gasteiger partial charge in [0.1, 0.15) is 0 Å². The van der Waals surface area contributed by atoms with Gasteiger partial charge in [0.15, 0.2) is 0 Å². The molecule has 1 aromatic rings. The molecule has 4 atom stereocenters. The van der Waals surface area contributed by atoms with Gasteiger partial charge in [0, 0.05) is 6.54 Å². The number of rotatable bonds is 5. The Bertz CT molecular complexity index is 443. The van der Waals surface area contributed by atoms with Gasteiger partial charge in [-0.1, -0.05) is 24.9 Å². The Morgan fingerprint density at radius 2 is 2.26 bits per heavy atom. The summed E-state index contributed by atoms with van der Waals surface area (Å²) in [6.45, 7) is 6.20. The second-order valence-electron chi connectivity index (χ2n) is 6.07. The fourth-order valence-electron chi connectivity index (χ4n) is 4.31. The molecule has 2 saturated carbocycles. The van der Waals surface area contributed by atoms with Gasteiger partial charge in [0.25, 0.3) is 0 Å². The van der Waals surface area contributed by atoms with E-state index in [1.807, 2.05) is 0 Å². The molecule has 2 fully saturated rings. The molecule has 2 aliphatic rings. The van der Waals surface area contributed by atoms with Gasteiger partial charge >= 0.3 is 0 Å². The SMILES string of the molecule is CCNC(c1c(Cl)cnn1CC)C1CC2CCC1C2. The number of hydrogen-bond donors (Lipinski definition) is 1. The Kier molecular flexibility index (Phi) is 3.86. The number of aromatic nitrogens is 2. The highest BCUT2D eigenvalue weighted by Gasteiger charge is 2.44. The molecule has 2 bridgehead atoms. The second-order valence-corrected chi connectivity index (χ2v) is 6.47. The van der Waals surface area contributed by atoms with Gasteiger partial charge in [0.05, 0.1) is 23.0 Å². The maximum absolute atomic E-state index is 6.41. The monoisotopic (exact) mass is 281 g/mol. The Labute approximate surface area is 120 Å². The zero-order valence-electron chi connectivity index (χ0n) is 11.9. The summed E-state index contributed by atoms with van der Waals surface area (Å²) in [5.41, 5.74) is 1.21. The lowest BCUT2D eigenvalue weighted by Crippen LogP contribution is -2.33. The average molecular weight is 282 g/mol. The molecule has 4 unspecified atom stereocenters. The van der Waals surface area contributed by atoms with Crippen LogP contribution in [0.1, 0.15) is 51.3 Å². The third kappa shape index (κ3) is 2.31. The zero-order chi connectivity index (χ0) is 13.4. The topological polar surface area (TPSA) is 29.9 Å². The number of nitrogens with zero attached hydrogens (tertiary/aromatic N) is 2. The average Bonchev–Trinajstić information content (AvgIpc) is 3.11. The minimum absolute atomic E-state index is 0.384. The molecule has 19 heavy (non-hydrogen) atoms. The molecule has 1 aromatic heterocycles. The summed E-state index contributed by atoms with van der Waals surface area (Å²) in [6.07, 6.45) is 7.46. The summed E-state index contributed by atoms with van der Waals surface area (Å²) in [5, 5.41) is 8.93. The van der Waals surface area contributed by atoms with Crippen LogP contribution in [0, 0.1) is 17.8 Å². The molecular formula is C15H24ClN3. The minimum atomic E-state index is 0.384. The number of fused-ring (bicyclic) bond motifs is 2. The smallest absolute Gasteiger partial charge is 0.0834 e. The summed E-state index contributed by atoms with van der Waals surface area (Å²) < 4.78 is 2.07. The van der Waals surface area contributed by atoms with Crippen LogP contribution in [0.15, 0.2) is 6.20 Å². The molecule has 0 amide bonds. The van der Waals surface area contributed by atoms with Gasteiger partial charge < -0.3 is 5.32 Å². The Morgan fingerprint density at radius 3 is 2.84 bits per heavy atom. The van der Waals surface area contributed by atoms with Gasteiger partial charge in [-0.05, 0) is 50.5 Å². The molecule has 4 heteroatoms. The molecule has 0 radical (unpaired) electrons. The van der Waals surface area contributed by atoms with E-state index in [9.17, 15) is 0 Å². The maximum Gasteiger partial charge on any atom is 0.0834 e. The van der Waals surface area contributed by atoms with Gasteiger partial charge in [-0.25, -0.2) is 0 Å². The molecule has 0 saturated heterocycles. The van der Waals surface area contributed by atoms with Crippen LogP contribution in [-0.2, 0) is 6.54 Å². The van der Waals surface area contributed by atoms with Crippen LogP contribution in [0.5, 0.6) is 0 Å². The van der Waals surface area contributed by atoms with E-state index in [0.717, 1.165) is 35.9 Å². The zero-order valence-corrected chi connectivity index (χ0v) is 12.7. The molecule has 0 aromatic carbocycles. The minimum Gasteiger partial charge on any atom is -0.309 e. The molecule has 1 N–H and O–H groups in total. The van der Waals surface area contributed by atoms with Crippen LogP contribution >= 0.6 is 11.6 Å². The second kappa shape index (κ2) is 5.45. The van der Waals surface area contributed by atoms with E-state index in [0.29, 0.717) is 6.04 Å². The van der Waals surface area contributed by atoms with Crippen molar-refractivity contribution in [2.75, 3.05) is 6.54 Å². The normalized spacial score (nSPS) is 31.0. The van der Waals surface area contributed by atoms with Gasteiger partial charge in [0.2, 0.25) is 0 Å². The van der Waals surface area contributed by atoms with E-state index >= 15 is 0 Å². The summed E-state index contributed by atoms with van der Waals surface area (Å²) in [6, 6.07) is 0.384. The van der Waals surface area contributed by atoms with E-state index in [4.69, 9.17) is 11.6 Å². The van der Waals surface area contributed by atoms with Crippen LogP contribution in [0.2, 0.25) is 5.02 Å². The van der Waals surface area contributed by atoms with E-state index in [2.05, 4.69) is 28.9 Å². The summed E-state index contributed by atoms with van der Waals surface area (Å²) in [4.78, 5) is 0. The third-order valence-electron chi connectivity index (χ3n) is 5.07. The maximum atomic E-state index is 6.41. The van der Waals surface area contributed by atoms with E-state index < -0.39 is 0 Å². The lowest BCUT2D eigenvalue weighted by atomic mass is 9.82. The molecule has 0 spiro atoms. The lowest BCUT2D eigenvalue weighted by Gasteiger charge is -2.31. The lowest BCUT2D eigenvalue weighted by molar-refractivity contribution is 0.244. The molecule has 3 rings (SSSR count). The summed E-state index contributed by atoms with van der Waals surface area (Å²) in [5.74, 6) is 2.61. The van der Waals surface area contributed by atoms with Crippen LogP contribution in [0.3, 0.4) is 0 Å². The largest absolute Gasteiger partial charge is 0.309 e. The van der Waals surface area contributed by atoms with Crippen LogP contribution in [0.25, 0.3) is 0 Å². The number of aryl methyl sites for hydroxylation is 1. The standard InChI is InChI=1S/C15H24ClN3/c1-3-17-14(12-8-10-5-6-11(12)7-10)15-13(16)9-18-19(15)4-2/h9-12,14,17H,3-8H2,1-2H3. The predicted molar refractivity (Wildman–Crippen MR) is 78.3 cm³/mol. The number of nitrogens with one attached hydrogen (secondary N) is 1.